The minimum Gasteiger partial charge on any atom is -0.481 e. The Balaban J connectivity index is 2.39. The van der Waals surface area contributed by atoms with Gasteiger partial charge in [0.05, 0.1) is 5.92 Å². The fraction of sp³-hybridized carbons (Fsp3) is 0.500. The van der Waals surface area contributed by atoms with Crippen LogP contribution in [0.1, 0.15) is 6.92 Å². The van der Waals surface area contributed by atoms with E-state index in [1.54, 1.807) is 6.92 Å². The molecule has 1 aromatic heterocycles. The Morgan fingerprint density at radius 2 is 2.54 bits per heavy atom. The molecule has 7 heteroatoms. The zero-order valence-corrected chi connectivity index (χ0v) is 7.11. The van der Waals surface area contributed by atoms with E-state index in [2.05, 4.69) is 20.5 Å². The van der Waals surface area contributed by atoms with Crippen molar-refractivity contribution >= 4 is 17.9 Å². The summed E-state index contributed by atoms with van der Waals surface area (Å²) in [5.41, 5.74) is 5.26. The lowest BCUT2D eigenvalue weighted by Gasteiger charge is -2.04. The number of hydrogen-bond donors (Lipinski definition) is 4. The molecule has 0 aliphatic rings. The molecule has 0 aliphatic carbocycles. The highest BCUT2D eigenvalue weighted by atomic mass is 16.4. The van der Waals surface area contributed by atoms with Crippen molar-refractivity contribution in [3.05, 3.63) is 0 Å². The second-order valence-electron chi connectivity index (χ2n) is 2.66. The van der Waals surface area contributed by atoms with Crippen LogP contribution in [0, 0.1) is 5.92 Å². The van der Waals surface area contributed by atoms with Crippen molar-refractivity contribution in [3.63, 3.8) is 0 Å². The number of carboxylic acids is 1. The predicted octanol–water partition coefficient (Wildman–Crippen LogP) is -0.480. The molecule has 0 saturated heterocycles. The number of nitrogens with zero attached hydrogens (tertiary/aromatic N) is 2. The van der Waals surface area contributed by atoms with Crippen LogP contribution in [0.5, 0.6) is 0 Å². The number of anilines is 2. The highest BCUT2D eigenvalue weighted by molar-refractivity contribution is 5.70. The number of rotatable bonds is 4. The van der Waals surface area contributed by atoms with Crippen molar-refractivity contribution < 1.29 is 9.90 Å². The predicted molar refractivity (Wildman–Crippen MR) is 46.1 cm³/mol. The summed E-state index contributed by atoms with van der Waals surface area (Å²) >= 11 is 0. The van der Waals surface area contributed by atoms with Crippen LogP contribution in [0.2, 0.25) is 0 Å². The van der Waals surface area contributed by atoms with Crippen molar-refractivity contribution in [2.75, 3.05) is 17.6 Å². The number of H-pyrrole nitrogens is 1. The molecule has 13 heavy (non-hydrogen) atoms. The maximum atomic E-state index is 10.4. The monoisotopic (exact) mass is 185 g/mol. The van der Waals surface area contributed by atoms with Gasteiger partial charge >= 0.3 is 5.97 Å². The smallest absolute Gasteiger partial charge is 0.308 e. The van der Waals surface area contributed by atoms with Gasteiger partial charge in [-0.15, -0.1) is 5.10 Å². The molecule has 0 spiro atoms. The lowest BCUT2D eigenvalue weighted by molar-refractivity contribution is -0.140. The summed E-state index contributed by atoms with van der Waals surface area (Å²) in [6, 6.07) is 0. The summed E-state index contributed by atoms with van der Waals surface area (Å²) < 4.78 is 0. The standard InChI is InChI=1S/C6H11N5O2/c1-3(4(12)13)2-8-6-9-5(7)10-11-6/h3H,2H2,1H3,(H,12,13)(H4,7,8,9,10,11). The number of nitrogens with one attached hydrogen (secondary N) is 2. The van der Waals surface area contributed by atoms with Gasteiger partial charge < -0.3 is 16.2 Å². The van der Waals surface area contributed by atoms with Crippen molar-refractivity contribution in [2.24, 2.45) is 5.92 Å². The van der Waals surface area contributed by atoms with E-state index in [0.717, 1.165) is 0 Å². The molecule has 0 bridgehead atoms. The van der Waals surface area contributed by atoms with E-state index in [0.29, 0.717) is 5.95 Å². The largest absolute Gasteiger partial charge is 0.481 e. The van der Waals surface area contributed by atoms with Gasteiger partial charge in [0, 0.05) is 6.54 Å². The number of aromatic nitrogens is 3. The molecule has 0 fully saturated rings. The number of aromatic amines is 1. The van der Waals surface area contributed by atoms with E-state index in [9.17, 15) is 4.79 Å². The Labute approximate surface area is 74.4 Å². The molecule has 7 nitrogen and oxygen atoms in total. The molecule has 1 aromatic rings. The van der Waals surface area contributed by atoms with Gasteiger partial charge in [-0.1, -0.05) is 6.92 Å². The summed E-state index contributed by atoms with van der Waals surface area (Å²) in [6.45, 7) is 1.86. The third-order valence-corrected chi connectivity index (χ3v) is 1.49. The third-order valence-electron chi connectivity index (χ3n) is 1.49. The average Bonchev–Trinajstić information content (AvgIpc) is 2.47. The summed E-state index contributed by atoms with van der Waals surface area (Å²) in [5.74, 6) is -0.841. The molecule has 5 N–H and O–H groups in total. The highest BCUT2D eigenvalue weighted by Gasteiger charge is 2.10. The van der Waals surface area contributed by atoms with Crippen molar-refractivity contribution in [1.82, 2.24) is 15.2 Å². The van der Waals surface area contributed by atoms with Gasteiger partial charge in [0.1, 0.15) is 0 Å². The molecule has 0 amide bonds. The van der Waals surface area contributed by atoms with E-state index < -0.39 is 11.9 Å². The van der Waals surface area contributed by atoms with Gasteiger partial charge in [0.2, 0.25) is 11.9 Å². The molecular formula is C6H11N5O2. The number of hydrogen-bond acceptors (Lipinski definition) is 5. The Morgan fingerprint density at radius 1 is 1.85 bits per heavy atom. The normalized spacial score (nSPS) is 12.4. The van der Waals surface area contributed by atoms with Crippen LogP contribution in [0.25, 0.3) is 0 Å². The first-order valence-corrected chi connectivity index (χ1v) is 3.74. The molecule has 0 aliphatic heterocycles. The molecule has 0 saturated carbocycles. The first-order valence-electron chi connectivity index (χ1n) is 3.74. The summed E-state index contributed by atoms with van der Waals surface area (Å²) in [6.07, 6.45) is 0. The topological polar surface area (TPSA) is 117 Å². The van der Waals surface area contributed by atoms with Crippen molar-refractivity contribution in [3.8, 4) is 0 Å². The Morgan fingerprint density at radius 3 is 3.00 bits per heavy atom. The van der Waals surface area contributed by atoms with Gasteiger partial charge in [-0.2, -0.15) is 4.98 Å². The van der Waals surface area contributed by atoms with E-state index in [1.165, 1.54) is 0 Å². The number of aliphatic carboxylic acids is 1. The second kappa shape index (κ2) is 3.74. The summed E-state index contributed by atoms with van der Waals surface area (Å²) in [5, 5.41) is 17.4. The Bertz CT molecular complexity index is 297. The molecule has 1 unspecified atom stereocenters. The number of carbonyl (C=O) groups is 1. The first-order chi connectivity index (χ1) is 6.09. The zero-order valence-electron chi connectivity index (χ0n) is 7.11. The number of nitrogen functional groups attached to an aromatic ring is 1. The number of nitrogens with two attached hydrogens (primary N) is 1. The fourth-order valence-electron chi connectivity index (χ4n) is 0.685. The maximum Gasteiger partial charge on any atom is 0.308 e. The van der Waals surface area contributed by atoms with Crippen LogP contribution in [0.15, 0.2) is 0 Å². The van der Waals surface area contributed by atoms with Crippen molar-refractivity contribution in [1.29, 1.82) is 0 Å². The van der Waals surface area contributed by atoms with Gasteiger partial charge in [-0.25, -0.2) is 5.10 Å². The Hall–Kier alpha value is -1.79. The maximum absolute atomic E-state index is 10.4. The van der Waals surface area contributed by atoms with Crippen LogP contribution in [-0.4, -0.2) is 32.8 Å². The number of carboxylic acid groups (broad SMARTS) is 1. The molecule has 72 valence electrons. The van der Waals surface area contributed by atoms with E-state index in [1.807, 2.05) is 0 Å². The highest BCUT2D eigenvalue weighted by Crippen LogP contribution is 2.01. The molecule has 0 radical (unpaired) electrons. The molecule has 1 heterocycles. The van der Waals surface area contributed by atoms with Crippen LogP contribution in [0.3, 0.4) is 0 Å². The van der Waals surface area contributed by atoms with Crippen LogP contribution >= 0.6 is 0 Å². The fourth-order valence-corrected chi connectivity index (χ4v) is 0.685. The summed E-state index contributed by atoms with van der Waals surface area (Å²) in [4.78, 5) is 14.2. The lowest BCUT2D eigenvalue weighted by atomic mass is 10.2. The van der Waals surface area contributed by atoms with Crippen LogP contribution in [-0.2, 0) is 4.79 Å². The van der Waals surface area contributed by atoms with Crippen LogP contribution < -0.4 is 11.1 Å². The van der Waals surface area contributed by atoms with Gasteiger partial charge in [-0.3, -0.25) is 4.79 Å². The molecule has 1 atom stereocenters. The minimum atomic E-state index is -0.865. The quantitative estimate of drug-likeness (QED) is 0.503. The Kier molecular flexibility index (Phi) is 2.68. The third kappa shape index (κ3) is 2.62. The molecule has 0 aromatic carbocycles. The van der Waals surface area contributed by atoms with E-state index in [-0.39, 0.29) is 12.5 Å². The van der Waals surface area contributed by atoms with Crippen molar-refractivity contribution in [2.45, 2.75) is 6.92 Å². The van der Waals surface area contributed by atoms with Gasteiger partial charge in [0.15, 0.2) is 0 Å². The van der Waals surface area contributed by atoms with Gasteiger partial charge in [0.25, 0.3) is 0 Å². The SMILES string of the molecule is CC(CNc1n[nH]c(N)n1)C(=O)O. The first kappa shape index (κ1) is 9.30. The van der Waals surface area contributed by atoms with Gasteiger partial charge in [-0.05, 0) is 0 Å². The van der Waals surface area contributed by atoms with E-state index in [4.69, 9.17) is 10.8 Å². The average molecular weight is 185 g/mol. The van der Waals surface area contributed by atoms with E-state index >= 15 is 0 Å². The minimum absolute atomic E-state index is 0.200. The zero-order chi connectivity index (χ0) is 9.84. The molecular weight excluding hydrogens is 174 g/mol. The van der Waals surface area contributed by atoms with Crippen LogP contribution in [0.4, 0.5) is 11.9 Å². The summed E-state index contributed by atoms with van der Waals surface area (Å²) in [7, 11) is 0. The molecule has 1 rings (SSSR count). The lowest BCUT2D eigenvalue weighted by Crippen LogP contribution is -2.20. The second-order valence-corrected chi connectivity index (χ2v) is 2.66.